The summed E-state index contributed by atoms with van der Waals surface area (Å²) in [6.45, 7) is 7.27. The van der Waals surface area contributed by atoms with Gasteiger partial charge in [-0.3, -0.25) is 0 Å². The molecular formula is C17H23N3O. The second-order valence-electron chi connectivity index (χ2n) is 5.24. The highest BCUT2D eigenvalue weighted by molar-refractivity contribution is 5.32. The van der Waals surface area contributed by atoms with Crippen molar-refractivity contribution in [3.8, 4) is 5.88 Å². The van der Waals surface area contributed by atoms with Crippen LogP contribution in [0, 0.1) is 13.8 Å². The Hall–Kier alpha value is -1.94. The topological polar surface area (TPSA) is 47.0 Å². The number of aryl methyl sites for hydroxylation is 2. The van der Waals surface area contributed by atoms with E-state index < -0.39 is 0 Å². The van der Waals surface area contributed by atoms with Crippen LogP contribution in [0.15, 0.2) is 30.3 Å². The molecule has 1 unspecified atom stereocenters. The minimum Gasteiger partial charge on any atom is -0.480 e. The average molecular weight is 285 g/mol. The first-order valence-electron chi connectivity index (χ1n) is 7.31. The lowest BCUT2D eigenvalue weighted by atomic mass is 9.97. The van der Waals surface area contributed by atoms with E-state index in [2.05, 4.69) is 54.5 Å². The number of nitrogens with zero attached hydrogens (tertiary/aromatic N) is 2. The van der Waals surface area contributed by atoms with Crippen LogP contribution in [-0.2, 0) is 6.42 Å². The third-order valence-electron chi connectivity index (χ3n) is 3.61. The standard InChI is InChI=1S/C17H23N3O/c1-5-18-16(15-8-9-17(21-4)20-19-15)11-14-10-12(2)6-7-13(14)3/h6-10,16,18H,5,11H2,1-4H3. The number of methoxy groups -OCH3 is 1. The Morgan fingerprint density at radius 2 is 1.95 bits per heavy atom. The van der Waals surface area contributed by atoms with Crippen molar-refractivity contribution in [3.63, 3.8) is 0 Å². The number of benzene rings is 1. The molecule has 0 amide bonds. The lowest BCUT2D eigenvalue weighted by Gasteiger charge is -2.18. The first-order valence-corrected chi connectivity index (χ1v) is 7.31. The summed E-state index contributed by atoms with van der Waals surface area (Å²) in [5, 5.41) is 11.8. The van der Waals surface area contributed by atoms with Gasteiger partial charge in [-0.25, -0.2) is 0 Å². The van der Waals surface area contributed by atoms with Gasteiger partial charge in [0, 0.05) is 6.07 Å². The first kappa shape index (κ1) is 15.4. The fourth-order valence-corrected chi connectivity index (χ4v) is 2.39. The van der Waals surface area contributed by atoms with Crippen LogP contribution in [0.2, 0.25) is 0 Å². The summed E-state index contributed by atoms with van der Waals surface area (Å²) in [6, 6.07) is 10.6. The minimum absolute atomic E-state index is 0.161. The summed E-state index contributed by atoms with van der Waals surface area (Å²) in [7, 11) is 1.60. The molecule has 0 saturated carbocycles. The Labute approximate surface area is 126 Å². The molecule has 1 aromatic heterocycles. The fraction of sp³-hybridized carbons (Fsp3) is 0.412. The van der Waals surface area contributed by atoms with Gasteiger partial charge in [-0.1, -0.05) is 30.7 Å². The summed E-state index contributed by atoms with van der Waals surface area (Å²) in [5.74, 6) is 0.542. The highest BCUT2D eigenvalue weighted by atomic mass is 16.5. The predicted octanol–water partition coefficient (Wildman–Crippen LogP) is 3.00. The number of ether oxygens (including phenoxy) is 1. The molecule has 0 spiro atoms. The molecule has 1 N–H and O–H groups in total. The molecule has 0 fully saturated rings. The highest BCUT2D eigenvalue weighted by Crippen LogP contribution is 2.20. The molecule has 0 aliphatic rings. The van der Waals surface area contributed by atoms with Crippen LogP contribution in [-0.4, -0.2) is 23.9 Å². The van der Waals surface area contributed by atoms with Gasteiger partial charge in [-0.2, -0.15) is 5.10 Å². The molecule has 0 bridgehead atoms. The largest absolute Gasteiger partial charge is 0.480 e. The van der Waals surface area contributed by atoms with Crippen molar-refractivity contribution in [1.29, 1.82) is 0 Å². The van der Waals surface area contributed by atoms with E-state index in [0.29, 0.717) is 5.88 Å². The number of nitrogens with one attached hydrogen (secondary N) is 1. The monoisotopic (exact) mass is 285 g/mol. The summed E-state index contributed by atoms with van der Waals surface area (Å²) in [6.07, 6.45) is 0.905. The van der Waals surface area contributed by atoms with E-state index in [1.54, 1.807) is 7.11 Å². The number of rotatable bonds is 6. The molecule has 4 nitrogen and oxygen atoms in total. The Bertz CT molecular complexity index is 581. The molecule has 0 aliphatic carbocycles. The van der Waals surface area contributed by atoms with E-state index in [1.165, 1.54) is 16.7 Å². The molecule has 112 valence electrons. The lowest BCUT2D eigenvalue weighted by molar-refractivity contribution is 0.389. The van der Waals surface area contributed by atoms with Gasteiger partial charge in [0.1, 0.15) is 0 Å². The predicted molar refractivity (Wildman–Crippen MR) is 84.6 cm³/mol. The quantitative estimate of drug-likeness (QED) is 0.886. The van der Waals surface area contributed by atoms with Gasteiger partial charge in [0.15, 0.2) is 0 Å². The second kappa shape index (κ2) is 7.18. The van der Waals surface area contributed by atoms with Crippen LogP contribution in [0.3, 0.4) is 0 Å². The Kier molecular flexibility index (Phi) is 5.28. The van der Waals surface area contributed by atoms with Gasteiger partial charge >= 0.3 is 0 Å². The van der Waals surface area contributed by atoms with E-state index in [4.69, 9.17) is 4.74 Å². The van der Waals surface area contributed by atoms with Crippen molar-refractivity contribution in [1.82, 2.24) is 15.5 Å². The van der Waals surface area contributed by atoms with Crippen molar-refractivity contribution < 1.29 is 4.74 Å². The van der Waals surface area contributed by atoms with Crippen LogP contribution in [0.25, 0.3) is 0 Å². The number of aromatic nitrogens is 2. The molecule has 2 rings (SSSR count). The van der Waals surface area contributed by atoms with Crippen molar-refractivity contribution in [2.75, 3.05) is 13.7 Å². The zero-order valence-corrected chi connectivity index (χ0v) is 13.2. The molecule has 0 radical (unpaired) electrons. The van der Waals surface area contributed by atoms with E-state index in [-0.39, 0.29) is 6.04 Å². The third kappa shape index (κ3) is 4.02. The van der Waals surface area contributed by atoms with Crippen LogP contribution in [0.4, 0.5) is 0 Å². The van der Waals surface area contributed by atoms with Gasteiger partial charge in [-0.05, 0) is 44.0 Å². The maximum absolute atomic E-state index is 5.07. The van der Waals surface area contributed by atoms with Gasteiger partial charge in [0.05, 0.1) is 18.8 Å². The summed E-state index contributed by atoms with van der Waals surface area (Å²) in [5.41, 5.74) is 4.88. The van der Waals surface area contributed by atoms with Gasteiger partial charge in [0.25, 0.3) is 0 Å². The number of hydrogen-bond acceptors (Lipinski definition) is 4. The molecule has 1 atom stereocenters. The molecule has 0 aliphatic heterocycles. The van der Waals surface area contributed by atoms with Gasteiger partial charge in [0.2, 0.25) is 5.88 Å². The second-order valence-corrected chi connectivity index (χ2v) is 5.24. The zero-order valence-electron chi connectivity index (χ0n) is 13.2. The summed E-state index contributed by atoms with van der Waals surface area (Å²) < 4.78 is 5.07. The Morgan fingerprint density at radius 3 is 2.57 bits per heavy atom. The van der Waals surface area contributed by atoms with E-state index in [0.717, 1.165) is 18.7 Å². The van der Waals surface area contributed by atoms with Crippen LogP contribution < -0.4 is 10.1 Å². The molecule has 0 saturated heterocycles. The van der Waals surface area contributed by atoms with Crippen molar-refractivity contribution in [2.24, 2.45) is 0 Å². The maximum atomic E-state index is 5.07. The van der Waals surface area contributed by atoms with Crippen molar-refractivity contribution >= 4 is 0 Å². The van der Waals surface area contributed by atoms with Crippen LogP contribution in [0.1, 0.15) is 35.3 Å². The minimum atomic E-state index is 0.161. The number of hydrogen-bond donors (Lipinski definition) is 1. The zero-order chi connectivity index (χ0) is 15.2. The number of likely N-dealkylation sites (N-methyl/N-ethyl adjacent to an activating group) is 1. The van der Waals surface area contributed by atoms with Crippen molar-refractivity contribution in [3.05, 3.63) is 52.7 Å². The van der Waals surface area contributed by atoms with E-state index in [1.807, 2.05) is 12.1 Å². The smallest absolute Gasteiger partial charge is 0.233 e. The maximum Gasteiger partial charge on any atom is 0.233 e. The first-order chi connectivity index (χ1) is 10.1. The normalized spacial score (nSPS) is 12.2. The summed E-state index contributed by atoms with van der Waals surface area (Å²) >= 11 is 0. The molecule has 1 heterocycles. The van der Waals surface area contributed by atoms with Gasteiger partial charge < -0.3 is 10.1 Å². The third-order valence-corrected chi connectivity index (χ3v) is 3.61. The highest BCUT2D eigenvalue weighted by Gasteiger charge is 2.15. The Morgan fingerprint density at radius 1 is 1.14 bits per heavy atom. The van der Waals surface area contributed by atoms with E-state index >= 15 is 0 Å². The SMILES string of the molecule is CCNC(Cc1cc(C)ccc1C)c1ccc(OC)nn1. The fourth-order valence-electron chi connectivity index (χ4n) is 2.39. The molecule has 21 heavy (non-hydrogen) atoms. The average Bonchev–Trinajstić information content (AvgIpc) is 2.50. The van der Waals surface area contributed by atoms with Crippen molar-refractivity contribution in [2.45, 2.75) is 33.2 Å². The Balaban J connectivity index is 2.23. The molecule has 4 heteroatoms. The molecular weight excluding hydrogens is 262 g/mol. The van der Waals surface area contributed by atoms with Gasteiger partial charge in [-0.15, -0.1) is 5.10 Å². The van der Waals surface area contributed by atoms with Crippen LogP contribution in [0.5, 0.6) is 5.88 Å². The molecule has 1 aromatic carbocycles. The molecule has 2 aromatic rings. The summed E-state index contributed by atoms with van der Waals surface area (Å²) in [4.78, 5) is 0. The van der Waals surface area contributed by atoms with E-state index in [9.17, 15) is 0 Å². The van der Waals surface area contributed by atoms with Crippen LogP contribution >= 0.6 is 0 Å². The lowest BCUT2D eigenvalue weighted by Crippen LogP contribution is -2.24.